The van der Waals surface area contributed by atoms with Crippen LogP contribution in [0.4, 0.5) is 0 Å². The first-order valence-electron chi connectivity index (χ1n) is 8.92. The SMILES string of the molecule is CN1CCNCC1c1noc(C2CN(Cc3ccccc3)CCO2)n1.Cl. The van der Waals surface area contributed by atoms with Gasteiger partial charge >= 0.3 is 0 Å². The third-order valence-electron chi connectivity index (χ3n) is 4.94. The van der Waals surface area contributed by atoms with E-state index < -0.39 is 0 Å². The van der Waals surface area contributed by atoms with Crippen molar-refractivity contribution in [3.8, 4) is 0 Å². The van der Waals surface area contributed by atoms with Gasteiger partial charge in [-0.1, -0.05) is 35.5 Å². The van der Waals surface area contributed by atoms with Gasteiger partial charge in [-0.15, -0.1) is 12.4 Å². The third-order valence-corrected chi connectivity index (χ3v) is 4.94. The van der Waals surface area contributed by atoms with Gasteiger partial charge < -0.3 is 14.6 Å². The molecule has 0 bridgehead atoms. The monoisotopic (exact) mass is 379 g/mol. The van der Waals surface area contributed by atoms with Gasteiger partial charge in [0.25, 0.3) is 5.89 Å². The number of rotatable bonds is 4. The van der Waals surface area contributed by atoms with E-state index in [1.807, 2.05) is 6.07 Å². The Hall–Kier alpha value is -1.51. The van der Waals surface area contributed by atoms with Crippen LogP contribution in [0.1, 0.15) is 29.4 Å². The van der Waals surface area contributed by atoms with Gasteiger partial charge in [0, 0.05) is 39.3 Å². The average molecular weight is 380 g/mol. The van der Waals surface area contributed by atoms with E-state index in [-0.39, 0.29) is 24.6 Å². The highest BCUT2D eigenvalue weighted by Gasteiger charge is 2.30. The van der Waals surface area contributed by atoms with Crippen LogP contribution in [0, 0.1) is 0 Å². The van der Waals surface area contributed by atoms with E-state index in [4.69, 9.17) is 9.26 Å². The van der Waals surface area contributed by atoms with Crippen molar-refractivity contribution in [2.45, 2.75) is 18.7 Å². The zero-order valence-corrected chi connectivity index (χ0v) is 15.8. The molecule has 0 spiro atoms. The molecule has 8 heteroatoms. The van der Waals surface area contributed by atoms with E-state index in [0.717, 1.165) is 45.1 Å². The predicted octanol–water partition coefficient (Wildman–Crippen LogP) is 1.64. The van der Waals surface area contributed by atoms with Gasteiger partial charge in [0.15, 0.2) is 5.82 Å². The number of piperazine rings is 1. The highest BCUT2D eigenvalue weighted by molar-refractivity contribution is 5.85. The summed E-state index contributed by atoms with van der Waals surface area (Å²) in [4.78, 5) is 9.27. The number of hydrogen-bond acceptors (Lipinski definition) is 7. The van der Waals surface area contributed by atoms with Crippen LogP contribution < -0.4 is 5.32 Å². The molecule has 0 aliphatic carbocycles. The minimum Gasteiger partial charge on any atom is -0.366 e. The molecule has 7 nitrogen and oxygen atoms in total. The van der Waals surface area contributed by atoms with Gasteiger partial charge in [-0.3, -0.25) is 9.80 Å². The van der Waals surface area contributed by atoms with E-state index in [2.05, 4.69) is 56.6 Å². The highest BCUT2D eigenvalue weighted by atomic mass is 35.5. The Morgan fingerprint density at radius 1 is 1.23 bits per heavy atom. The van der Waals surface area contributed by atoms with Crippen LogP contribution in [0.25, 0.3) is 0 Å². The Labute approximate surface area is 160 Å². The lowest BCUT2D eigenvalue weighted by atomic mass is 10.2. The smallest absolute Gasteiger partial charge is 0.257 e. The average Bonchev–Trinajstić information content (AvgIpc) is 3.13. The van der Waals surface area contributed by atoms with Crippen LogP contribution in [0.2, 0.25) is 0 Å². The van der Waals surface area contributed by atoms with Crippen LogP contribution in [-0.2, 0) is 11.3 Å². The van der Waals surface area contributed by atoms with Gasteiger partial charge in [-0.05, 0) is 12.6 Å². The molecule has 0 saturated carbocycles. The zero-order chi connectivity index (χ0) is 17.1. The van der Waals surface area contributed by atoms with Crippen LogP contribution >= 0.6 is 12.4 Å². The molecule has 142 valence electrons. The third kappa shape index (κ3) is 4.42. The fourth-order valence-electron chi connectivity index (χ4n) is 3.44. The molecule has 0 radical (unpaired) electrons. The number of benzene rings is 1. The van der Waals surface area contributed by atoms with E-state index in [1.165, 1.54) is 5.56 Å². The molecule has 26 heavy (non-hydrogen) atoms. The van der Waals surface area contributed by atoms with Crippen LogP contribution in [0.15, 0.2) is 34.9 Å². The van der Waals surface area contributed by atoms with E-state index in [1.54, 1.807) is 0 Å². The molecule has 0 amide bonds. The minimum atomic E-state index is -0.152. The topological polar surface area (TPSA) is 66.7 Å². The maximum absolute atomic E-state index is 5.89. The second-order valence-corrected chi connectivity index (χ2v) is 6.77. The molecule has 2 saturated heterocycles. The fraction of sp³-hybridized carbons (Fsp3) is 0.556. The highest BCUT2D eigenvalue weighted by Crippen LogP contribution is 2.25. The Balaban J connectivity index is 0.00000196. The number of likely N-dealkylation sites (N-methyl/N-ethyl adjacent to an activating group) is 1. The molecule has 2 unspecified atom stereocenters. The van der Waals surface area contributed by atoms with E-state index in [9.17, 15) is 0 Å². The van der Waals surface area contributed by atoms with Crippen molar-refractivity contribution in [1.82, 2.24) is 25.3 Å². The molecule has 3 heterocycles. The second-order valence-electron chi connectivity index (χ2n) is 6.77. The van der Waals surface area contributed by atoms with Gasteiger partial charge in [-0.25, -0.2) is 0 Å². The first-order valence-corrected chi connectivity index (χ1v) is 8.92. The normalized spacial score (nSPS) is 25.0. The van der Waals surface area contributed by atoms with Gasteiger partial charge in [0.2, 0.25) is 0 Å². The predicted molar refractivity (Wildman–Crippen MR) is 100 cm³/mol. The van der Waals surface area contributed by atoms with Crippen LogP contribution in [-0.4, -0.2) is 66.3 Å². The van der Waals surface area contributed by atoms with E-state index >= 15 is 0 Å². The zero-order valence-electron chi connectivity index (χ0n) is 15.0. The number of hydrogen-bond donors (Lipinski definition) is 1. The quantitative estimate of drug-likeness (QED) is 0.866. The number of ether oxygens (including phenoxy) is 1. The summed E-state index contributed by atoms with van der Waals surface area (Å²) in [5, 5.41) is 7.59. The molecule has 2 aliphatic heterocycles. The molecule has 2 atom stereocenters. The molecular formula is C18H26ClN5O2. The number of halogens is 1. The number of morpholine rings is 1. The summed E-state index contributed by atoms with van der Waals surface area (Å²) in [5.41, 5.74) is 1.31. The lowest BCUT2D eigenvalue weighted by molar-refractivity contribution is -0.0475. The molecule has 1 N–H and O–H groups in total. The number of nitrogens with zero attached hydrogens (tertiary/aromatic N) is 4. The van der Waals surface area contributed by atoms with E-state index in [0.29, 0.717) is 12.5 Å². The maximum Gasteiger partial charge on any atom is 0.257 e. The first kappa shape index (κ1) is 19.3. The van der Waals surface area contributed by atoms with Gasteiger partial charge in [0.1, 0.15) is 6.10 Å². The summed E-state index contributed by atoms with van der Waals surface area (Å²) in [6, 6.07) is 10.7. The van der Waals surface area contributed by atoms with Crippen molar-refractivity contribution >= 4 is 12.4 Å². The summed E-state index contributed by atoms with van der Waals surface area (Å²) in [6.07, 6.45) is -0.152. The molecule has 4 rings (SSSR count). The molecule has 2 aliphatic rings. The summed E-state index contributed by atoms with van der Waals surface area (Å²) in [5.74, 6) is 1.33. The van der Waals surface area contributed by atoms with Crippen molar-refractivity contribution in [3.05, 3.63) is 47.6 Å². The molecule has 2 fully saturated rings. The van der Waals surface area contributed by atoms with Gasteiger partial charge in [-0.2, -0.15) is 4.98 Å². The maximum atomic E-state index is 5.89. The summed E-state index contributed by atoms with van der Waals surface area (Å²) in [7, 11) is 2.10. The Bertz CT molecular complexity index is 683. The summed E-state index contributed by atoms with van der Waals surface area (Å²) < 4.78 is 11.4. The summed E-state index contributed by atoms with van der Waals surface area (Å²) in [6.45, 7) is 6.12. The first-order chi connectivity index (χ1) is 12.3. The van der Waals surface area contributed by atoms with Crippen molar-refractivity contribution in [3.63, 3.8) is 0 Å². The van der Waals surface area contributed by atoms with Crippen LogP contribution in [0.3, 0.4) is 0 Å². The molecule has 1 aromatic heterocycles. The van der Waals surface area contributed by atoms with Crippen molar-refractivity contribution in [1.29, 1.82) is 0 Å². The van der Waals surface area contributed by atoms with Crippen molar-refractivity contribution in [2.24, 2.45) is 0 Å². The standard InChI is InChI=1S/C18H25N5O2.ClH/c1-22-8-7-19-11-15(22)17-20-18(25-21-17)16-13-23(9-10-24-16)12-14-5-3-2-4-6-14;/h2-6,15-16,19H,7-13H2,1H3;1H. The van der Waals surface area contributed by atoms with Gasteiger partial charge in [0.05, 0.1) is 12.6 Å². The van der Waals surface area contributed by atoms with Crippen LogP contribution in [0.5, 0.6) is 0 Å². The lowest BCUT2D eigenvalue weighted by Crippen LogP contribution is -2.44. The van der Waals surface area contributed by atoms with Crippen molar-refractivity contribution in [2.75, 3.05) is 46.4 Å². The Morgan fingerprint density at radius 2 is 2.08 bits per heavy atom. The second kappa shape index (κ2) is 8.92. The fourth-order valence-corrected chi connectivity index (χ4v) is 3.44. The number of aromatic nitrogens is 2. The molecule has 1 aromatic carbocycles. The molecule has 2 aromatic rings. The number of nitrogens with one attached hydrogen (secondary N) is 1. The van der Waals surface area contributed by atoms with Crippen molar-refractivity contribution < 1.29 is 9.26 Å². The lowest BCUT2D eigenvalue weighted by Gasteiger charge is -2.31. The minimum absolute atomic E-state index is 0. The largest absolute Gasteiger partial charge is 0.366 e. The Kier molecular flexibility index (Phi) is 6.61. The summed E-state index contributed by atoms with van der Waals surface area (Å²) >= 11 is 0. The Morgan fingerprint density at radius 3 is 2.88 bits per heavy atom. The molecular weight excluding hydrogens is 354 g/mol.